The van der Waals surface area contributed by atoms with Crippen molar-refractivity contribution in [3.8, 4) is 0 Å². The highest BCUT2D eigenvalue weighted by Gasteiger charge is 2.73. The Labute approximate surface area is 185 Å². The first-order valence-electron chi connectivity index (χ1n) is 10.8. The average Bonchev–Trinajstić information content (AvgIpc) is 3.16. The molecule has 1 amide bonds. The van der Waals surface area contributed by atoms with E-state index in [4.69, 9.17) is 0 Å². The van der Waals surface area contributed by atoms with E-state index in [0.717, 1.165) is 30.4 Å². The van der Waals surface area contributed by atoms with Gasteiger partial charge in [0.15, 0.2) is 0 Å². The lowest BCUT2D eigenvalue weighted by Crippen LogP contribution is -2.50. The van der Waals surface area contributed by atoms with Gasteiger partial charge in [-0.3, -0.25) is 4.79 Å². The number of thioether (sulfide) groups is 1. The number of hydrogen-bond acceptors (Lipinski definition) is 2. The van der Waals surface area contributed by atoms with E-state index in [1.165, 1.54) is 6.07 Å². The van der Waals surface area contributed by atoms with Gasteiger partial charge in [-0.15, -0.1) is 0 Å². The Hall–Kier alpha value is -1.45. The smallest absolute Gasteiger partial charge is 0.353 e. The molecule has 1 aromatic rings. The molecule has 178 valence electrons. The molecule has 3 aliphatic rings. The highest BCUT2D eigenvalue weighted by atomic mass is 32.2. The third kappa shape index (κ3) is 4.01. The second-order valence-electron chi connectivity index (χ2n) is 8.96. The number of carbonyl (C=O) groups is 1. The number of rotatable bonds is 3. The van der Waals surface area contributed by atoms with Crippen LogP contribution < -0.4 is 5.32 Å². The highest BCUT2D eigenvalue weighted by molar-refractivity contribution is 7.99. The molecule has 1 saturated heterocycles. The summed E-state index contributed by atoms with van der Waals surface area (Å²) < 4.78 is 93.2. The Kier molecular flexibility index (Phi) is 6.22. The van der Waals surface area contributed by atoms with Gasteiger partial charge < -0.3 is 5.32 Å². The Balaban J connectivity index is 1.55. The monoisotopic (exact) mass is 483 g/mol. The van der Waals surface area contributed by atoms with Crippen molar-refractivity contribution in [3.05, 3.63) is 34.9 Å². The van der Waals surface area contributed by atoms with Crippen molar-refractivity contribution in [2.24, 2.45) is 11.8 Å². The second kappa shape index (κ2) is 8.40. The largest absolute Gasteiger partial charge is 0.435 e. The molecule has 1 aromatic carbocycles. The van der Waals surface area contributed by atoms with E-state index in [-0.39, 0.29) is 36.1 Å². The summed E-state index contributed by atoms with van der Waals surface area (Å²) in [6.07, 6.45) is -8.43. The number of carbonyl (C=O) groups excluding carboxylic acids is 1. The van der Waals surface area contributed by atoms with Gasteiger partial charge in [-0.25, -0.2) is 4.39 Å². The number of hydrogen-bond donors (Lipinski definition) is 1. The number of amides is 1. The van der Waals surface area contributed by atoms with Crippen LogP contribution in [0.25, 0.3) is 0 Å². The first kappa shape index (κ1) is 23.7. The summed E-state index contributed by atoms with van der Waals surface area (Å²) in [7, 11) is 0. The summed E-state index contributed by atoms with van der Waals surface area (Å²) in [4.78, 5) is 12.9. The predicted octanol–water partition coefficient (Wildman–Crippen LogP) is 6.04. The zero-order valence-electron chi connectivity index (χ0n) is 17.2. The molecule has 4 rings (SSSR count). The molecule has 1 heterocycles. The molecule has 1 N–H and O–H groups in total. The minimum absolute atomic E-state index is 0.00770. The Morgan fingerprint density at radius 3 is 2.19 bits per heavy atom. The SMILES string of the molecule is O=C(NC1CCSCC1)[C@@H]1CCC2c3ccc(C(F)(C(F)(F)F)C(F)(F)F)cc3CCC21. The zero-order chi connectivity index (χ0) is 23.3. The molecule has 1 saturated carbocycles. The van der Waals surface area contributed by atoms with Crippen molar-refractivity contribution < 1.29 is 35.5 Å². The fraction of sp³-hybridized carbons (Fsp3) is 0.682. The van der Waals surface area contributed by atoms with E-state index in [1.54, 1.807) is 0 Å². The lowest BCUT2D eigenvalue weighted by molar-refractivity contribution is -0.348. The summed E-state index contributed by atoms with van der Waals surface area (Å²) in [6.45, 7) is 0. The molecular weight excluding hydrogens is 459 g/mol. The van der Waals surface area contributed by atoms with Crippen LogP contribution in [0.5, 0.6) is 0 Å². The first-order valence-corrected chi connectivity index (χ1v) is 11.9. The van der Waals surface area contributed by atoms with Gasteiger partial charge in [0.2, 0.25) is 5.91 Å². The molecule has 10 heteroatoms. The van der Waals surface area contributed by atoms with Crippen molar-refractivity contribution in [1.29, 1.82) is 0 Å². The fourth-order valence-corrected chi connectivity index (χ4v) is 6.65. The van der Waals surface area contributed by atoms with Crippen LogP contribution in [0.3, 0.4) is 0 Å². The average molecular weight is 483 g/mol. The van der Waals surface area contributed by atoms with Crippen LogP contribution in [-0.2, 0) is 16.9 Å². The number of benzene rings is 1. The van der Waals surface area contributed by atoms with Gasteiger partial charge in [-0.05, 0) is 73.0 Å². The third-order valence-electron chi connectivity index (χ3n) is 7.20. The van der Waals surface area contributed by atoms with E-state index >= 15 is 0 Å². The molecule has 2 unspecified atom stereocenters. The molecule has 2 fully saturated rings. The van der Waals surface area contributed by atoms with Crippen LogP contribution in [0.2, 0.25) is 0 Å². The molecule has 0 aromatic heterocycles. The van der Waals surface area contributed by atoms with Crippen molar-refractivity contribution >= 4 is 17.7 Å². The standard InChI is InChI=1S/C22H24F7NOS/c23-20(21(24,25)26,22(27,28)29)13-2-4-15-12(11-13)1-3-17-16(15)5-6-18(17)19(31)30-14-7-9-32-10-8-14/h2,4,11,14,16-18H,1,3,5-10H2,(H,30,31)/t16?,17?,18-/m1/s1. The van der Waals surface area contributed by atoms with Crippen LogP contribution in [0, 0.1) is 11.8 Å². The number of fused-ring (bicyclic) bond motifs is 3. The van der Waals surface area contributed by atoms with Crippen LogP contribution in [0.1, 0.15) is 54.7 Å². The van der Waals surface area contributed by atoms with Gasteiger partial charge in [0, 0.05) is 17.5 Å². The molecule has 0 radical (unpaired) electrons. The van der Waals surface area contributed by atoms with Crippen LogP contribution in [0.15, 0.2) is 18.2 Å². The van der Waals surface area contributed by atoms with Crippen molar-refractivity contribution in [3.63, 3.8) is 0 Å². The van der Waals surface area contributed by atoms with Crippen molar-refractivity contribution in [1.82, 2.24) is 5.32 Å². The Morgan fingerprint density at radius 2 is 1.56 bits per heavy atom. The molecule has 0 spiro atoms. The van der Waals surface area contributed by atoms with Gasteiger partial charge in [-0.2, -0.15) is 38.1 Å². The molecule has 3 atom stereocenters. The highest BCUT2D eigenvalue weighted by Crippen LogP contribution is 2.55. The van der Waals surface area contributed by atoms with Crippen molar-refractivity contribution in [2.75, 3.05) is 11.5 Å². The van der Waals surface area contributed by atoms with Gasteiger partial charge in [-0.1, -0.05) is 18.2 Å². The number of alkyl halides is 7. The van der Waals surface area contributed by atoms with Crippen LogP contribution >= 0.6 is 11.8 Å². The maximum Gasteiger partial charge on any atom is 0.435 e. The van der Waals surface area contributed by atoms with Gasteiger partial charge in [0.1, 0.15) is 0 Å². The third-order valence-corrected chi connectivity index (χ3v) is 8.24. The summed E-state index contributed by atoms with van der Waals surface area (Å²) in [5.41, 5.74) is -5.90. The van der Waals surface area contributed by atoms with E-state index in [9.17, 15) is 35.5 Å². The van der Waals surface area contributed by atoms with Gasteiger partial charge in [0.25, 0.3) is 0 Å². The molecule has 2 aliphatic carbocycles. The Bertz CT molecular complexity index is 849. The number of halogens is 7. The van der Waals surface area contributed by atoms with Gasteiger partial charge >= 0.3 is 18.0 Å². The van der Waals surface area contributed by atoms with Gasteiger partial charge in [0.05, 0.1) is 0 Å². The zero-order valence-corrected chi connectivity index (χ0v) is 18.0. The van der Waals surface area contributed by atoms with Crippen molar-refractivity contribution in [2.45, 2.75) is 68.5 Å². The molecule has 0 bridgehead atoms. The second-order valence-corrected chi connectivity index (χ2v) is 10.2. The first-order chi connectivity index (χ1) is 14.9. The van der Waals surface area contributed by atoms with E-state index in [0.29, 0.717) is 36.5 Å². The Morgan fingerprint density at radius 1 is 0.906 bits per heavy atom. The summed E-state index contributed by atoms with van der Waals surface area (Å²) >= 11 is 1.86. The van der Waals surface area contributed by atoms with Crippen LogP contribution in [-0.4, -0.2) is 35.8 Å². The van der Waals surface area contributed by atoms with Crippen LogP contribution in [0.4, 0.5) is 30.7 Å². The van der Waals surface area contributed by atoms with E-state index in [2.05, 4.69) is 5.32 Å². The van der Waals surface area contributed by atoms with E-state index < -0.39 is 23.6 Å². The minimum Gasteiger partial charge on any atom is -0.353 e. The molecular formula is C22H24F7NOS. The molecule has 32 heavy (non-hydrogen) atoms. The number of aryl methyl sites for hydroxylation is 1. The van der Waals surface area contributed by atoms with E-state index in [1.807, 2.05) is 11.8 Å². The topological polar surface area (TPSA) is 29.1 Å². The predicted molar refractivity (Wildman–Crippen MR) is 107 cm³/mol. The lowest BCUT2D eigenvalue weighted by Gasteiger charge is -2.34. The summed E-state index contributed by atoms with van der Waals surface area (Å²) in [5, 5.41) is 3.13. The lowest BCUT2D eigenvalue weighted by atomic mass is 9.73. The minimum atomic E-state index is -6.12. The molecule has 2 nitrogen and oxygen atoms in total. The fourth-order valence-electron chi connectivity index (χ4n) is 5.54. The molecule has 1 aliphatic heterocycles. The summed E-state index contributed by atoms with van der Waals surface area (Å²) in [6, 6.07) is 2.68. The quantitative estimate of drug-likeness (QED) is 0.531. The maximum atomic E-state index is 14.5. The maximum absolute atomic E-state index is 14.5. The normalized spacial score (nSPS) is 27.0. The summed E-state index contributed by atoms with van der Waals surface area (Å²) in [5.74, 6) is 1.66. The number of nitrogens with one attached hydrogen (secondary N) is 1.